The van der Waals surface area contributed by atoms with Crippen molar-refractivity contribution in [3.8, 4) is 5.75 Å². The summed E-state index contributed by atoms with van der Waals surface area (Å²) in [5.74, 6) is 2.02. The molecule has 0 spiro atoms. The molecule has 6 heteroatoms. The van der Waals surface area contributed by atoms with Gasteiger partial charge in [0.05, 0.1) is 13.1 Å². The van der Waals surface area contributed by atoms with Crippen molar-refractivity contribution in [2.45, 2.75) is 26.3 Å². The third-order valence-corrected chi connectivity index (χ3v) is 3.48. The smallest absolute Gasteiger partial charge is 0.318 e. The largest absolute Gasteiger partial charge is 0.492 e. The molecule has 0 bridgehead atoms. The molecule has 0 aliphatic rings. The average molecular weight is 318 g/mol. The van der Waals surface area contributed by atoms with Crippen LogP contribution < -0.4 is 9.64 Å². The van der Waals surface area contributed by atoms with E-state index in [0.29, 0.717) is 37.5 Å². The Balaban J connectivity index is 1.80. The first-order valence-corrected chi connectivity index (χ1v) is 7.86. The molecule has 0 atom stereocenters. The molecule has 2 rings (SSSR count). The number of likely N-dealkylation sites (N-methyl/N-ethyl adjacent to an activating group) is 1. The number of nitrogens with zero attached hydrogens (tertiary/aromatic N) is 4. The van der Waals surface area contributed by atoms with E-state index in [0.717, 1.165) is 5.75 Å². The quantitative estimate of drug-likeness (QED) is 0.746. The Labute approximate surface area is 138 Å². The molecular weight excluding hydrogens is 292 g/mol. The number of anilines is 1. The highest BCUT2D eigenvalue weighted by molar-refractivity contribution is 5.29. The molecule has 6 nitrogen and oxygen atoms in total. The van der Waals surface area contributed by atoms with E-state index in [4.69, 9.17) is 9.15 Å². The van der Waals surface area contributed by atoms with E-state index in [-0.39, 0.29) is 0 Å². The lowest BCUT2D eigenvalue weighted by Crippen LogP contribution is -2.24. The lowest BCUT2D eigenvalue weighted by atomic mass is 10.0. The molecule has 0 saturated heterocycles. The van der Waals surface area contributed by atoms with E-state index in [2.05, 4.69) is 36.2 Å². The normalized spacial score (nSPS) is 11.3. The van der Waals surface area contributed by atoms with Gasteiger partial charge in [0.1, 0.15) is 12.4 Å². The van der Waals surface area contributed by atoms with Gasteiger partial charge in [0, 0.05) is 7.05 Å². The highest BCUT2D eigenvalue weighted by atomic mass is 16.5. The van der Waals surface area contributed by atoms with Gasteiger partial charge in [-0.15, -0.1) is 5.10 Å². The Morgan fingerprint density at radius 2 is 1.78 bits per heavy atom. The van der Waals surface area contributed by atoms with E-state index in [1.54, 1.807) is 0 Å². The molecule has 0 fully saturated rings. The zero-order valence-corrected chi connectivity index (χ0v) is 14.6. The van der Waals surface area contributed by atoms with Crippen molar-refractivity contribution in [2.24, 2.45) is 0 Å². The van der Waals surface area contributed by atoms with Gasteiger partial charge < -0.3 is 19.0 Å². The predicted octanol–water partition coefficient (Wildman–Crippen LogP) is 2.77. The van der Waals surface area contributed by atoms with E-state index in [1.807, 2.05) is 43.1 Å². The average Bonchev–Trinajstić information content (AvgIpc) is 2.95. The Morgan fingerprint density at radius 3 is 2.39 bits per heavy atom. The van der Waals surface area contributed by atoms with Crippen LogP contribution in [0.4, 0.5) is 6.01 Å². The van der Waals surface area contributed by atoms with Crippen molar-refractivity contribution in [3.05, 3.63) is 35.7 Å². The summed E-state index contributed by atoms with van der Waals surface area (Å²) in [7, 11) is 5.84. The first kappa shape index (κ1) is 17.3. The van der Waals surface area contributed by atoms with Crippen molar-refractivity contribution in [2.75, 3.05) is 39.2 Å². The molecule has 0 unspecified atom stereocenters. The molecule has 0 aliphatic carbocycles. The fourth-order valence-corrected chi connectivity index (χ4v) is 2.08. The summed E-state index contributed by atoms with van der Waals surface area (Å²) < 4.78 is 11.4. The van der Waals surface area contributed by atoms with Crippen molar-refractivity contribution in [1.29, 1.82) is 0 Å². The van der Waals surface area contributed by atoms with Gasteiger partial charge in [-0.05, 0) is 37.7 Å². The number of aromatic nitrogens is 2. The maximum atomic E-state index is 5.76. The highest BCUT2D eigenvalue weighted by Crippen LogP contribution is 2.18. The Kier molecular flexibility index (Phi) is 5.98. The van der Waals surface area contributed by atoms with Gasteiger partial charge >= 0.3 is 6.01 Å². The van der Waals surface area contributed by atoms with Crippen LogP contribution in [0.25, 0.3) is 0 Å². The van der Waals surface area contributed by atoms with Crippen molar-refractivity contribution in [3.63, 3.8) is 0 Å². The maximum absolute atomic E-state index is 5.76. The van der Waals surface area contributed by atoms with Gasteiger partial charge in [-0.2, -0.15) is 0 Å². The second-order valence-corrected chi connectivity index (χ2v) is 6.21. The van der Waals surface area contributed by atoms with Crippen LogP contribution in [0.2, 0.25) is 0 Å². The number of hydrogen-bond donors (Lipinski definition) is 0. The van der Waals surface area contributed by atoms with Crippen LogP contribution in [0.3, 0.4) is 0 Å². The minimum atomic E-state index is 0.514. The van der Waals surface area contributed by atoms with Gasteiger partial charge in [0.15, 0.2) is 0 Å². The topological polar surface area (TPSA) is 54.6 Å². The first-order chi connectivity index (χ1) is 11.0. The molecule has 0 radical (unpaired) electrons. The van der Waals surface area contributed by atoms with Crippen molar-refractivity contribution in [1.82, 2.24) is 15.1 Å². The standard InChI is InChI=1S/C17H26N4O2/c1-13(2)14-6-8-15(9-7-14)22-11-10-21(5)17-19-18-16(23-17)12-20(3)4/h6-9,13H,10-12H2,1-5H3. The molecule has 0 saturated carbocycles. The number of rotatable bonds is 8. The molecule has 1 aromatic carbocycles. The lowest BCUT2D eigenvalue weighted by Gasteiger charge is -2.15. The number of ether oxygens (including phenoxy) is 1. The fourth-order valence-electron chi connectivity index (χ4n) is 2.08. The predicted molar refractivity (Wildman–Crippen MR) is 91.0 cm³/mol. The van der Waals surface area contributed by atoms with Crippen molar-refractivity contribution < 1.29 is 9.15 Å². The second-order valence-electron chi connectivity index (χ2n) is 6.21. The van der Waals surface area contributed by atoms with Crippen molar-refractivity contribution >= 4 is 6.01 Å². The van der Waals surface area contributed by atoms with E-state index < -0.39 is 0 Å². The summed E-state index contributed by atoms with van der Waals surface area (Å²) in [5, 5.41) is 8.08. The third-order valence-electron chi connectivity index (χ3n) is 3.48. The molecule has 126 valence electrons. The molecule has 0 aliphatic heterocycles. The molecule has 1 aromatic heterocycles. The minimum Gasteiger partial charge on any atom is -0.492 e. The summed E-state index contributed by atoms with van der Waals surface area (Å²) >= 11 is 0. The molecule has 0 amide bonds. The van der Waals surface area contributed by atoms with Crippen LogP contribution >= 0.6 is 0 Å². The van der Waals surface area contributed by atoms with E-state index >= 15 is 0 Å². The van der Waals surface area contributed by atoms with Crippen LogP contribution in [-0.2, 0) is 6.54 Å². The number of hydrogen-bond acceptors (Lipinski definition) is 6. The summed E-state index contributed by atoms with van der Waals surface area (Å²) in [5.41, 5.74) is 1.31. The zero-order valence-electron chi connectivity index (χ0n) is 14.6. The van der Waals surface area contributed by atoms with Gasteiger partial charge in [-0.25, -0.2) is 0 Å². The second kappa shape index (κ2) is 7.97. The number of benzene rings is 1. The molecule has 2 aromatic rings. The highest BCUT2D eigenvalue weighted by Gasteiger charge is 2.11. The minimum absolute atomic E-state index is 0.514. The summed E-state index contributed by atoms with van der Waals surface area (Å²) in [6, 6.07) is 8.75. The molecule has 1 heterocycles. The fraction of sp³-hybridized carbons (Fsp3) is 0.529. The van der Waals surface area contributed by atoms with Gasteiger partial charge in [0.2, 0.25) is 5.89 Å². The maximum Gasteiger partial charge on any atom is 0.318 e. The Bertz CT molecular complexity index is 593. The Hall–Kier alpha value is -2.08. The molecule has 0 N–H and O–H groups in total. The van der Waals surface area contributed by atoms with Gasteiger partial charge in [-0.3, -0.25) is 0 Å². The van der Waals surface area contributed by atoms with Crippen LogP contribution in [0.5, 0.6) is 5.75 Å². The summed E-state index contributed by atoms with van der Waals surface area (Å²) in [4.78, 5) is 3.88. The summed E-state index contributed by atoms with van der Waals surface area (Å²) in [6.07, 6.45) is 0. The Morgan fingerprint density at radius 1 is 1.09 bits per heavy atom. The molecular formula is C17H26N4O2. The van der Waals surface area contributed by atoms with Crippen LogP contribution in [0, 0.1) is 0 Å². The summed E-state index contributed by atoms with van der Waals surface area (Å²) in [6.45, 7) is 6.23. The van der Waals surface area contributed by atoms with E-state index in [1.165, 1.54) is 5.56 Å². The van der Waals surface area contributed by atoms with Gasteiger partial charge in [-0.1, -0.05) is 31.1 Å². The monoisotopic (exact) mass is 318 g/mol. The third kappa shape index (κ3) is 5.25. The zero-order chi connectivity index (χ0) is 16.8. The first-order valence-electron chi connectivity index (χ1n) is 7.86. The van der Waals surface area contributed by atoms with Crippen LogP contribution in [0.1, 0.15) is 31.2 Å². The van der Waals surface area contributed by atoms with Gasteiger partial charge in [0.25, 0.3) is 0 Å². The SMILES string of the molecule is CC(C)c1ccc(OCCN(C)c2nnc(CN(C)C)o2)cc1. The molecule has 23 heavy (non-hydrogen) atoms. The van der Waals surface area contributed by atoms with Crippen LogP contribution in [-0.4, -0.2) is 49.4 Å². The van der Waals surface area contributed by atoms with E-state index in [9.17, 15) is 0 Å². The lowest BCUT2D eigenvalue weighted by molar-refractivity contribution is 0.318. The van der Waals surface area contributed by atoms with Crippen LogP contribution in [0.15, 0.2) is 28.7 Å².